The van der Waals surface area contributed by atoms with E-state index in [4.69, 9.17) is 0 Å². The van der Waals surface area contributed by atoms with E-state index in [1.54, 1.807) is 0 Å². The van der Waals surface area contributed by atoms with Gasteiger partial charge in [0.2, 0.25) is 0 Å². The highest BCUT2D eigenvalue weighted by atomic mass is 35.5. The van der Waals surface area contributed by atoms with E-state index in [-0.39, 0.29) is 17.9 Å². The lowest BCUT2D eigenvalue weighted by Crippen LogP contribution is -2.44. The maximum atomic E-state index is 3.54. The minimum Gasteiger partial charge on any atom is -0.307 e. The molecule has 1 heterocycles. The third-order valence-electron chi connectivity index (χ3n) is 2.75. The van der Waals surface area contributed by atoms with E-state index < -0.39 is 0 Å². The smallest absolute Gasteiger partial charge is 0.0213 e. The van der Waals surface area contributed by atoms with E-state index >= 15 is 0 Å². The summed E-state index contributed by atoms with van der Waals surface area (Å²) in [5.41, 5.74) is 4.61. The van der Waals surface area contributed by atoms with Crippen molar-refractivity contribution in [3.8, 4) is 0 Å². The molecule has 1 N–H and O–H groups in total. The van der Waals surface area contributed by atoms with Crippen LogP contribution in [0.25, 0.3) is 0 Å². The Morgan fingerprint density at radius 3 is 2.64 bits per heavy atom. The average molecular weight is 212 g/mol. The van der Waals surface area contributed by atoms with Gasteiger partial charge in [0, 0.05) is 12.1 Å². The average Bonchev–Trinajstić information content (AvgIpc) is 2.05. The molecule has 1 aromatic carbocycles. The Morgan fingerprint density at radius 1 is 1.21 bits per heavy atom. The molecule has 2 heteroatoms. The number of halogens is 1. The fourth-order valence-electron chi connectivity index (χ4n) is 1.96. The molecule has 1 aromatic rings. The van der Waals surface area contributed by atoms with E-state index in [1.165, 1.54) is 16.7 Å². The summed E-state index contributed by atoms with van der Waals surface area (Å²) in [5.74, 6) is 0. The molecule has 14 heavy (non-hydrogen) atoms. The molecule has 2 rings (SSSR count). The van der Waals surface area contributed by atoms with Gasteiger partial charge in [-0.05, 0) is 38.3 Å². The molecule has 0 aromatic heterocycles. The Kier molecular flexibility index (Phi) is 3.23. The van der Waals surface area contributed by atoms with Gasteiger partial charge in [0.25, 0.3) is 0 Å². The van der Waals surface area contributed by atoms with Gasteiger partial charge in [-0.25, -0.2) is 0 Å². The van der Waals surface area contributed by atoms with Gasteiger partial charge in [-0.3, -0.25) is 0 Å². The normalized spacial score (nSPS) is 18.2. The van der Waals surface area contributed by atoms with Gasteiger partial charge in [0.1, 0.15) is 0 Å². The van der Waals surface area contributed by atoms with Crippen LogP contribution in [0, 0.1) is 6.92 Å². The first kappa shape index (κ1) is 11.5. The summed E-state index contributed by atoms with van der Waals surface area (Å²) in [5, 5.41) is 3.54. The molecule has 0 aliphatic carbocycles. The van der Waals surface area contributed by atoms with E-state index in [1.807, 2.05) is 0 Å². The van der Waals surface area contributed by atoms with Gasteiger partial charge in [0.15, 0.2) is 0 Å². The highest BCUT2D eigenvalue weighted by Crippen LogP contribution is 2.23. The second kappa shape index (κ2) is 3.92. The Hall–Kier alpha value is -0.530. The molecule has 0 fully saturated rings. The topological polar surface area (TPSA) is 12.0 Å². The van der Waals surface area contributed by atoms with E-state index in [2.05, 4.69) is 44.3 Å². The fraction of sp³-hybridized carbons (Fsp3) is 0.500. The molecule has 0 saturated carbocycles. The van der Waals surface area contributed by atoms with Crippen molar-refractivity contribution >= 4 is 12.4 Å². The Bertz CT molecular complexity index is 331. The number of benzene rings is 1. The molecule has 0 amide bonds. The number of rotatable bonds is 0. The van der Waals surface area contributed by atoms with Crippen molar-refractivity contribution in [2.24, 2.45) is 0 Å². The van der Waals surface area contributed by atoms with Crippen molar-refractivity contribution in [2.75, 3.05) is 0 Å². The molecule has 0 bridgehead atoms. The van der Waals surface area contributed by atoms with Crippen LogP contribution in [0.5, 0.6) is 0 Å². The Labute approximate surface area is 92.3 Å². The predicted octanol–water partition coefficient (Wildman–Crippen LogP) is 2.84. The zero-order valence-corrected chi connectivity index (χ0v) is 9.87. The van der Waals surface area contributed by atoms with Crippen LogP contribution in [0.4, 0.5) is 0 Å². The highest BCUT2D eigenvalue weighted by molar-refractivity contribution is 5.85. The third kappa shape index (κ3) is 2.28. The van der Waals surface area contributed by atoms with Crippen molar-refractivity contribution in [3.05, 3.63) is 34.9 Å². The third-order valence-corrected chi connectivity index (χ3v) is 2.75. The van der Waals surface area contributed by atoms with Crippen LogP contribution >= 0.6 is 12.4 Å². The molecule has 0 saturated heterocycles. The van der Waals surface area contributed by atoms with Crippen LogP contribution in [-0.2, 0) is 13.0 Å². The van der Waals surface area contributed by atoms with Gasteiger partial charge in [-0.15, -0.1) is 12.4 Å². The number of hydrogen-bond donors (Lipinski definition) is 1. The highest BCUT2D eigenvalue weighted by Gasteiger charge is 2.23. The van der Waals surface area contributed by atoms with Crippen LogP contribution < -0.4 is 5.32 Å². The van der Waals surface area contributed by atoms with Crippen molar-refractivity contribution in [2.45, 2.75) is 39.3 Å². The van der Waals surface area contributed by atoms with Crippen LogP contribution in [-0.4, -0.2) is 5.54 Å². The number of hydrogen-bond acceptors (Lipinski definition) is 1. The van der Waals surface area contributed by atoms with Gasteiger partial charge in [0.05, 0.1) is 0 Å². The molecule has 0 unspecified atom stereocenters. The lowest BCUT2D eigenvalue weighted by Gasteiger charge is -2.33. The first-order valence-corrected chi connectivity index (χ1v) is 4.90. The van der Waals surface area contributed by atoms with E-state index in [0.717, 1.165) is 13.0 Å². The number of aryl methyl sites for hydroxylation is 1. The lowest BCUT2D eigenvalue weighted by atomic mass is 9.87. The first-order chi connectivity index (χ1) is 6.07. The largest absolute Gasteiger partial charge is 0.307 e. The van der Waals surface area contributed by atoms with Crippen molar-refractivity contribution in [3.63, 3.8) is 0 Å². The first-order valence-electron chi connectivity index (χ1n) is 4.90. The Balaban J connectivity index is 0.000000980. The van der Waals surface area contributed by atoms with Gasteiger partial charge >= 0.3 is 0 Å². The summed E-state index contributed by atoms with van der Waals surface area (Å²) in [4.78, 5) is 0. The number of fused-ring (bicyclic) bond motifs is 1. The summed E-state index contributed by atoms with van der Waals surface area (Å²) in [7, 11) is 0. The molecule has 1 aliphatic heterocycles. The second-order valence-electron chi connectivity index (χ2n) is 4.69. The standard InChI is InChI=1S/C12H17N.ClH/c1-9-4-5-10-7-12(2,3)13-8-11(10)6-9;/h4-6,13H,7-8H2,1-3H3;1H. The molecule has 78 valence electrons. The maximum Gasteiger partial charge on any atom is 0.0213 e. The fourth-order valence-corrected chi connectivity index (χ4v) is 1.96. The second-order valence-corrected chi connectivity index (χ2v) is 4.69. The van der Waals surface area contributed by atoms with Gasteiger partial charge in [-0.2, -0.15) is 0 Å². The summed E-state index contributed by atoms with van der Waals surface area (Å²) in [6.45, 7) is 7.69. The van der Waals surface area contributed by atoms with Gasteiger partial charge < -0.3 is 5.32 Å². The monoisotopic (exact) mass is 211 g/mol. The molecular formula is C12H18ClN. The SMILES string of the molecule is Cc1ccc2c(c1)CNC(C)(C)C2.Cl. The van der Waals surface area contributed by atoms with Crippen molar-refractivity contribution in [1.29, 1.82) is 0 Å². The van der Waals surface area contributed by atoms with Crippen LogP contribution in [0.3, 0.4) is 0 Å². The minimum atomic E-state index is 0. The maximum absolute atomic E-state index is 3.54. The lowest BCUT2D eigenvalue weighted by molar-refractivity contribution is 0.362. The van der Waals surface area contributed by atoms with Gasteiger partial charge in [-0.1, -0.05) is 23.8 Å². The molecule has 0 spiro atoms. The van der Waals surface area contributed by atoms with Crippen molar-refractivity contribution < 1.29 is 0 Å². The van der Waals surface area contributed by atoms with Crippen LogP contribution in [0.1, 0.15) is 30.5 Å². The van der Waals surface area contributed by atoms with Crippen molar-refractivity contribution in [1.82, 2.24) is 5.32 Å². The van der Waals surface area contributed by atoms with E-state index in [0.29, 0.717) is 0 Å². The van der Waals surface area contributed by atoms with Crippen LogP contribution in [0.2, 0.25) is 0 Å². The zero-order valence-electron chi connectivity index (χ0n) is 9.05. The van der Waals surface area contributed by atoms with E-state index in [9.17, 15) is 0 Å². The minimum absolute atomic E-state index is 0. The molecule has 0 radical (unpaired) electrons. The summed E-state index contributed by atoms with van der Waals surface area (Å²) < 4.78 is 0. The Morgan fingerprint density at radius 2 is 1.93 bits per heavy atom. The van der Waals surface area contributed by atoms with Crippen LogP contribution in [0.15, 0.2) is 18.2 Å². The molecule has 1 aliphatic rings. The summed E-state index contributed by atoms with van der Waals surface area (Å²) in [6.07, 6.45) is 1.14. The quantitative estimate of drug-likeness (QED) is 0.696. The zero-order chi connectivity index (χ0) is 9.47. The number of nitrogens with one attached hydrogen (secondary N) is 1. The molecular weight excluding hydrogens is 194 g/mol. The predicted molar refractivity (Wildman–Crippen MR) is 63.0 cm³/mol. The molecule has 1 nitrogen and oxygen atoms in total. The summed E-state index contributed by atoms with van der Waals surface area (Å²) in [6, 6.07) is 6.77. The molecule has 0 atom stereocenters. The summed E-state index contributed by atoms with van der Waals surface area (Å²) >= 11 is 0.